The first-order valence-electron chi connectivity index (χ1n) is 7.00. The van der Waals surface area contributed by atoms with Gasteiger partial charge < -0.3 is 10.4 Å². The van der Waals surface area contributed by atoms with Crippen LogP contribution in [0.4, 0.5) is 5.69 Å². The standard InChI is InChI=1S/C17H15BrINO3/c1-2-10-3-4-15(11(5-10)8-16(21)22)20-17(23)12-6-13(18)9-14(19)7-12/h3-7,9H,2,8H2,1H3,(H,20,23)(H,21,22). The first-order chi connectivity index (χ1) is 10.9. The van der Waals surface area contributed by atoms with Gasteiger partial charge in [0, 0.05) is 19.3 Å². The zero-order chi connectivity index (χ0) is 17.0. The number of halogens is 2. The van der Waals surface area contributed by atoms with Gasteiger partial charge in [-0.15, -0.1) is 0 Å². The smallest absolute Gasteiger partial charge is 0.307 e. The molecule has 2 rings (SSSR count). The molecule has 2 aromatic rings. The van der Waals surface area contributed by atoms with Crippen LogP contribution in [0.1, 0.15) is 28.4 Å². The number of carbonyl (C=O) groups is 2. The summed E-state index contributed by atoms with van der Waals surface area (Å²) in [4.78, 5) is 23.5. The van der Waals surface area contributed by atoms with Crippen molar-refractivity contribution in [3.05, 3.63) is 61.1 Å². The quantitative estimate of drug-likeness (QED) is 0.610. The molecule has 23 heavy (non-hydrogen) atoms. The van der Waals surface area contributed by atoms with Crippen molar-refractivity contribution in [3.8, 4) is 0 Å². The Morgan fingerprint density at radius 3 is 2.57 bits per heavy atom. The molecule has 2 N–H and O–H groups in total. The second kappa shape index (κ2) is 7.92. The SMILES string of the molecule is CCc1ccc(NC(=O)c2cc(Br)cc(I)c2)c(CC(=O)O)c1. The van der Waals surface area contributed by atoms with E-state index >= 15 is 0 Å². The van der Waals surface area contributed by atoms with Gasteiger partial charge in [-0.1, -0.05) is 35.0 Å². The van der Waals surface area contributed by atoms with Crippen LogP contribution >= 0.6 is 38.5 Å². The summed E-state index contributed by atoms with van der Waals surface area (Å²) in [6.07, 6.45) is 0.685. The minimum atomic E-state index is -0.925. The van der Waals surface area contributed by atoms with Crippen LogP contribution in [0.15, 0.2) is 40.9 Å². The molecule has 0 aliphatic heterocycles. The summed E-state index contributed by atoms with van der Waals surface area (Å²) in [6, 6.07) is 10.9. The molecule has 120 valence electrons. The van der Waals surface area contributed by atoms with Gasteiger partial charge in [-0.3, -0.25) is 9.59 Å². The van der Waals surface area contributed by atoms with Crippen LogP contribution in [-0.2, 0) is 17.6 Å². The molecular formula is C17H15BrINO3. The molecule has 0 saturated heterocycles. The lowest BCUT2D eigenvalue weighted by Gasteiger charge is -2.12. The Hall–Kier alpha value is -1.41. The number of hydrogen-bond donors (Lipinski definition) is 2. The lowest BCUT2D eigenvalue weighted by molar-refractivity contribution is -0.136. The maximum atomic E-state index is 12.4. The maximum Gasteiger partial charge on any atom is 0.307 e. The second-order valence-electron chi connectivity index (χ2n) is 5.03. The lowest BCUT2D eigenvalue weighted by Crippen LogP contribution is -2.15. The Morgan fingerprint density at radius 2 is 1.96 bits per heavy atom. The van der Waals surface area contributed by atoms with Crippen molar-refractivity contribution in [2.45, 2.75) is 19.8 Å². The Labute approximate surface area is 156 Å². The van der Waals surface area contributed by atoms with Gasteiger partial charge in [-0.25, -0.2) is 0 Å². The van der Waals surface area contributed by atoms with Crippen molar-refractivity contribution in [2.75, 3.05) is 5.32 Å². The third-order valence-corrected chi connectivity index (χ3v) is 4.37. The number of carbonyl (C=O) groups excluding carboxylic acids is 1. The second-order valence-corrected chi connectivity index (χ2v) is 7.19. The van der Waals surface area contributed by atoms with Gasteiger partial charge in [0.25, 0.3) is 5.91 Å². The molecule has 1 amide bonds. The zero-order valence-corrected chi connectivity index (χ0v) is 16.1. The molecule has 0 aromatic heterocycles. The number of aliphatic carboxylic acids is 1. The van der Waals surface area contributed by atoms with Crippen LogP contribution in [0.5, 0.6) is 0 Å². The minimum absolute atomic E-state index is 0.126. The van der Waals surface area contributed by atoms with Gasteiger partial charge in [0.1, 0.15) is 0 Å². The van der Waals surface area contributed by atoms with Gasteiger partial charge >= 0.3 is 5.97 Å². The van der Waals surface area contributed by atoms with Crippen molar-refractivity contribution in [1.29, 1.82) is 0 Å². The van der Waals surface area contributed by atoms with Crippen molar-refractivity contribution in [1.82, 2.24) is 0 Å². The van der Waals surface area contributed by atoms with E-state index < -0.39 is 5.97 Å². The molecule has 0 fully saturated rings. The fourth-order valence-electron chi connectivity index (χ4n) is 2.18. The highest BCUT2D eigenvalue weighted by molar-refractivity contribution is 14.1. The van der Waals surface area contributed by atoms with E-state index in [4.69, 9.17) is 5.11 Å². The highest BCUT2D eigenvalue weighted by Gasteiger charge is 2.13. The van der Waals surface area contributed by atoms with Gasteiger partial charge in [-0.2, -0.15) is 0 Å². The highest BCUT2D eigenvalue weighted by Crippen LogP contribution is 2.22. The molecule has 0 saturated carbocycles. The summed E-state index contributed by atoms with van der Waals surface area (Å²) >= 11 is 5.51. The molecule has 0 unspecified atom stereocenters. The molecule has 0 aliphatic carbocycles. The Morgan fingerprint density at radius 1 is 1.22 bits per heavy atom. The van der Waals surface area contributed by atoms with E-state index in [9.17, 15) is 9.59 Å². The van der Waals surface area contributed by atoms with E-state index in [-0.39, 0.29) is 12.3 Å². The number of amides is 1. The van der Waals surface area contributed by atoms with Crippen LogP contribution in [-0.4, -0.2) is 17.0 Å². The zero-order valence-electron chi connectivity index (χ0n) is 12.4. The van der Waals surface area contributed by atoms with Crippen LogP contribution in [0.3, 0.4) is 0 Å². The van der Waals surface area contributed by atoms with Crippen molar-refractivity contribution in [2.24, 2.45) is 0 Å². The van der Waals surface area contributed by atoms with Crippen LogP contribution in [0.2, 0.25) is 0 Å². The summed E-state index contributed by atoms with van der Waals surface area (Å²) in [5.74, 6) is -1.19. The number of carboxylic acid groups (broad SMARTS) is 1. The number of anilines is 1. The predicted molar refractivity (Wildman–Crippen MR) is 102 cm³/mol. The Balaban J connectivity index is 2.31. The summed E-state index contributed by atoms with van der Waals surface area (Å²) in [5.41, 5.74) is 2.69. The number of rotatable bonds is 5. The summed E-state index contributed by atoms with van der Waals surface area (Å²) < 4.78 is 1.76. The number of aryl methyl sites for hydroxylation is 1. The molecule has 4 nitrogen and oxygen atoms in total. The van der Waals surface area contributed by atoms with E-state index in [1.54, 1.807) is 18.2 Å². The predicted octanol–water partition coefficient (Wildman–Crippen LogP) is 4.50. The molecule has 0 aliphatic rings. The van der Waals surface area contributed by atoms with E-state index in [2.05, 4.69) is 43.8 Å². The van der Waals surface area contributed by atoms with Gasteiger partial charge in [0.05, 0.1) is 6.42 Å². The number of carboxylic acids is 1. The van der Waals surface area contributed by atoms with Crippen molar-refractivity contribution < 1.29 is 14.7 Å². The van der Waals surface area contributed by atoms with E-state index in [1.165, 1.54) is 0 Å². The molecule has 0 spiro atoms. The number of hydrogen-bond acceptors (Lipinski definition) is 2. The summed E-state index contributed by atoms with van der Waals surface area (Å²) in [5, 5.41) is 11.9. The summed E-state index contributed by atoms with van der Waals surface area (Å²) in [7, 11) is 0. The molecule has 2 aromatic carbocycles. The van der Waals surface area contributed by atoms with E-state index in [1.807, 2.05) is 25.1 Å². The molecule has 0 heterocycles. The largest absolute Gasteiger partial charge is 0.481 e. The first-order valence-corrected chi connectivity index (χ1v) is 8.87. The summed E-state index contributed by atoms with van der Waals surface area (Å²) in [6.45, 7) is 2.00. The molecule has 0 radical (unpaired) electrons. The molecular weight excluding hydrogens is 473 g/mol. The third kappa shape index (κ3) is 5.04. The maximum absolute atomic E-state index is 12.4. The van der Waals surface area contributed by atoms with Gasteiger partial charge in [0.15, 0.2) is 0 Å². The lowest BCUT2D eigenvalue weighted by atomic mass is 10.0. The molecule has 6 heteroatoms. The van der Waals surface area contributed by atoms with E-state index in [0.717, 1.165) is 20.0 Å². The first kappa shape index (κ1) is 17.9. The Kier molecular flexibility index (Phi) is 6.17. The highest BCUT2D eigenvalue weighted by atomic mass is 127. The van der Waals surface area contributed by atoms with Gasteiger partial charge in [-0.05, 0) is 64.4 Å². The topological polar surface area (TPSA) is 66.4 Å². The Bertz CT molecular complexity index is 741. The van der Waals surface area contributed by atoms with Crippen LogP contribution < -0.4 is 5.32 Å². The van der Waals surface area contributed by atoms with Crippen molar-refractivity contribution >= 4 is 56.1 Å². The normalized spacial score (nSPS) is 10.4. The molecule has 0 bridgehead atoms. The van der Waals surface area contributed by atoms with Crippen molar-refractivity contribution in [3.63, 3.8) is 0 Å². The average Bonchev–Trinajstić information content (AvgIpc) is 2.47. The average molecular weight is 488 g/mol. The number of nitrogens with one attached hydrogen (secondary N) is 1. The third-order valence-electron chi connectivity index (χ3n) is 3.29. The molecule has 0 atom stereocenters. The van der Waals surface area contributed by atoms with Gasteiger partial charge in [0.2, 0.25) is 0 Å². The number of benzene rings is 2. The fourth-order valence-corrected chi connectivity index (χ4v) is 3.77. The van der Waals surface area contributed by atoms with Crippen LogP contribution in [0.25, 0.3) is 0 Å². The van der Waals surface area contributed by atoms with Crippen LogP contribution in [0, 0.1) is 3.57 Å². The monoisotopic (exact) mass is 487 g/mol. The minimum Gasteiger partial charge on any atom is -0.481 e. The van der Waals surface area contributed by atoms with E-state index in [0.29, 0.717) is 16.8 Å². The fraction of sp³-hybridized carbons (Fsp3) is 0.176.